The first kappa shape index (κ1) is 14.1. The van der Waals surface area contributed by atoms with E-state index in [2.05, 4.69) is 24.9 Å². The van der Waals surface area contributed by atoms with Crippen LogP contribution in [0.4, 0.5) is 0 Å². The standard InChI is InChI=1S/C16H21N3O2/c1-11(2)18-6-5-13(9-18)14-10-19-7-4-12(16(20)21-3)8-15(19)17-14/h4,7-8,10-11,13H,5-6,9H2,1-3H3. The first-order valence-corrected chi connectivity index (χ1v) is 7.39. The number of carbonyl (C=O) groups is 1. The number of methoxy groups -OCH3 is 1. The smallest absolute Gasteiger partial charge is 0.338 e. The Morgan fingerprint density at radius 3 is 2.95 bits per heavy atom. The largest absolute Gasteiger partial charge is 0.465 e. The number of aromatic nitrogens is 2. The quantitative estimate of drug-likeness (QED) is 0.813. The molecule has 1 fully saturated rings. The highest BCUT2D eigenvalue weighted by Crippen LogP contribution is 2.28. The Hall–Kier alpha value is -1.88. The molecule has 21 heavy (non-hydrogen) atoms. The van der Waals surface area contributed by atoms with Gasteiger partial charge in [-0.3, -0.25) is 0 Å². The molecule has 3 rings (SSSR count). The second-order valence-corrected chi connectivity index (χ2v) is 5.91. The van der Waals surface area contributed by atoms with Crippen molar-refractivity contribution in [1.29, 1.82) is 0 Å². The third-order valence-corrected chi connectivity index (χ3v) is 4.27. The predicted molar refractivity (Wildman–Crippen MR) is 80.6 cm³/mol. The van der Waals surface area contributed by atoms with Crippen molar-refractivity contribution in [3.05, 3.63) is 35.8 Å². The van der Waals surface area contributed by atoms with Crippen LogP contribution in [0.1, 0.15) is 42.2 Å². The molecule has 1 atom stereocenters. The molecule has 5 nitrogen and oxygen atoms in total. The number of pyridine rings is 1. The van der Waals surface area contributed by atoms with Crippen LogP contribution >= 0.6 is 0 Å². The zero-order chi connectivity index (χ0) is 15.0. The fourth-order valence-corrected chi connectivity index (χ4v) is 2.94. The summed E-state index contributed by atoms with van der Waals surface area (Å²) < 4.78 is 6.72. The van der Waals surface area contributed by atoms with Crippen LogP contribution in [-0.2, 0) is 4.74 Å². The number of hydrogen-bond donors (Lipinski definition) is 0. The molecule has 2 aromatic heterocycles. The van der Waals surface area contributed by atoms with Crippen molar-refractivity contribution in [2.75, 3.05) is 20.2 Å². The Kier molecular flexibility index (Phi) is 3.68. The van der Waals surface area contributed by atoms with Crippen LogP contribution in [0.3, 0.4) is 0 Å². The van der Waals surface area contributed by atoms with Crippen LogP contribution in [-0.4, -0.2) is 46.5 Å². The number of esters is 1. The van der Waals surface area contributed by atoms with E-state index < -0.39 is 0 Å². The summed E-state index contributed by atoms with van der Waals surface area (Å²) in [5.41, 5.74) is 2.45. The van der Waals surface area contributed by atoms with Crippen LogP contribution in [0.25, 0.3) is 5.65 Å². The fraction of sp³-hybridized carbons (Fsp3) is 0.500. The van der Waals surface area contributed by atoms with Gasteiger partial charge in [-0.2, -0.15) is 0 Å². The number of imidazole rings is 1. The summed E-state index contributed by atoms with van der Waals surface area (Å²) in [7, 11) is 1.39. The number of rotatable bonds is 3. The van der Waals surface area contributed by atoms with E-state index in [9.17, 15) is 4.79 Å². The van der Waals surface area contributed by atoms with E-state index in [1.54, 1.807) is 12.1 Å². The molecule has 0 N–H and O–H groups in total. The van der Waals surface area contributed by atoms with Crippen molar-refractivity contribution in [3.8, 4) is 0 Å². The molecule has 5 heteroatoms. The Bertz CT molecular complexity index is 663. The SMILES string of the molecule is COC(=O)c1ccn2cc(C3CCN(C(C)C)C3)nc2c1. The van der Waals surface area contributed by atoms with Crippen molar-refractivity contribution in [2.45, 2.75) is 32.2 Å². The summed E-state index contributed by atoms with van der Waals surface area (Å²) in [6, 6.07) is 4.13. The summed E-state index contributed by atoms with van der Waals surface area (Å²) in [6.07, 6.45) is 5.09. The normalized spacial score (nSPS) is 19.5. The molecule has 0 spiro atoms. The van der Waals surface area contributed by atoms with Crippen molar-refractivity contribution in [2.24, 2.45) is 0 Å². The van der Waals surface area contributed by atoms with Crippen LogP contribution in [0.5, 0.6) is 0 Å². The highest BCUT2D eigenvalue weighted by Gasteiger charge is 2.27. The summed E-state index contributed by atoms with van der Waals surface area (Å²) in [6.45, 7) is 6.65. The molecule has 0 bridgehead atoms. The molecule has 0 saturated carbocycles. The molecule has 1 aliphatic heterocycles. The highest BCUT2D eigenvalue weighted by molar-refractivity contribution is 5.90. The summed E-state index contributed by atoms with van der Waals surface area (Å²) in [5, 5.41) is 0. The van der Waals surface area contributed by atoms with Crippen LogP contribution in [0.2, 0.25) is 0 Å². The van der Waals surface area contributed by atoms with Gasteiger partial charge in [-0.25, -0.2) is 9.78 Å². The third kappa shape index (κ3) is 2.65. The van der Waals surface area contributed by atoms with E-state index in [-0.39, 0.29) is 5.97 Å². The first-order valence-electron chi connectivity index (χ1n) is 7.39. The molecule has 1 saturated heterocycles. The number of hydrogen-bond acceptors (Lipinski definition) is 4. The lowest BCUT2D eigenvalue weighted by Crippen LogP contribution is -2.27. The van der Waals surface area contributed by atoms with Crippen LogP contribution in [0.15, 0.2) is 24.5 Å². The molecule has 112 valence electrons. The van der Waals surface area contributed by atoms with E-state index in [4.69, 9.17) is 9.72 Å². The molecule has 0 aromatic carbocycles. The summed E-state index contributed by atoms with van der Waals surface area (Å²) in [4.78, 5) is 18.7. The number of ether oxygens (including phenoxy) is 1. The van der Waals surface area contributed by atoms with Gasteiger partial charge in [0.25, 0.3) is 0 Å². The average Bonchev–Trinajstić information content (AvgIpc) is 3.11. The van der Waals surface area contributed by atoms with Crippen molar-refractivity contribution in [1.82, 2.24) is 14.3 Å². The van der Waals surface area contributed by atoms with Gasteiger partial charge in [-0.1, -0.05) is 0 Å². The van der Waals surface area contributed by atoms with Gasteiger partial charge >= 0.3 is 5.97 Å². The molecule has 0 radical (unpaired) electrons. The van der Waals surface area contributed by atoms with Crippen molar-refractivity contribution < 1.29 is 9.53 Å². The molecule has 1 aliphatic rings. The Balaban J connectivity index is 1.86. The Morgan fingerprint density at radius 2 is 2.29 bits per heavy atom. The topological polar surface area (TPSA) is 46.8 Å². The zero-order valence-corrected chi connectivity index (χ0v) is 12.7. The molecule has 0 amide bonds. The molecule has 3 heterocycles. The van der Waals surface area contributed by atoms with E-state index in [0.717, 1.165) is 30.9 Å². The minimum atomic E-state index is -0.325. The van der Waals surface area contributed by atoms with Gasteiger partial charge < -0.3 is 14.0 Å². The summed E-state index contributed by atoms with van der Waals surface area (Å²) in [5.74, 6) is 0.155. The first-order chi connectivity index (χ1) is 10.1. The van der Waals surface area contributed by atoms with Gasteiger partial charge in [0.15, 0.2) is 0 Å². The maximum atomic E-state index is 11.6. The minimum absolute atomic E-state index is 0.325. The Morgan fingerprint density at radius 1 is 1.48 bits per heavy atom. The molecule has 2 aromatic rings. The maximum Gasteiger partial charge on any atom is 0.338 e. The van der Waals surface area contributed by atoms with Gasteiger partial charge in [-0.15, -0.1) is 0 Å². The lowest BCUT2D eigenvalue weighted by atomic mass is 10.1. The summed E-state index contributed by atoms with van der Waals surface area (Å²) >= 11 is 0. The molecular formula is C16H21N3O2. The monoisotopic (exact) mass is 287 g/mol. The van der Waals surface area contributed by atoms with Crippen LogP contribution < -0.4 is 0 Å². The lowest BCUT2D eigenvalue weighted by molar-refractivity contribution is 0.0600. The second-order valence-electron chi connectivity index (χ2n) is 5.91. The van der Waals surface area contributed by atoms with E-state index >= 15 is 0 Å². The number of fused-ring (bicyclic) bond motifs is 1. The predicted octanol–water partition coefficient (Wildman–Crippen LogP) is 2.32. The van der Waals surface area contributed by atoms with Gasteiger partial charge in [0, 0.05) is 30.9 Å². The number of carbonyl (C=O) groups excluding carboxylic acids is 1. The highest BCUT2D eigenvalue weighted by atomic mass is 16.5. The van der Waals surface area contributed by atoms with E-state index in [1.807, 2.05) is 10.6 Å². The van der Waals surface area contributed by atoms with Crippen molar-refractivity contribution >= 4 is 11.6 Å². The lowest BCUT2D eigenvalue weighted by Gasteiger charge is -2.19. The van der Waals surface area contributed by atoms with E-state index in [1.165, 1.54) is 7.11 Å². The number of nitrogens with zero attached hydrogens (tertiary/aromatic N) is 3. The van der Waals surface area contributed by atoms with Gasteiger partial charge in [0.2, 0.25) is 0 Å². The third-order valence-electron chi connectivity index (χ3n) is 4.27. The van der Waals surface area contributed by atoms with E-state index in [0.29, 0.717) is 17.5 Å². The van der Waals surface area contributed by atoms with Crippen LogP contribution in [0, 0.1) is 0 Å². The molecular weight excluding hydrogens is 266 g/mol. The second kappa shape index (κ2) is 5.48. The fourth-order valence-electron chi connectivity index (χ4n) is 2.94. The van der Waals surface area contributed by atoms with Gasteiger partial charge in [0.05, 0.1) is 18.4 Å². The zero-order valence-electron chi connectivity index (χ0n) is 12.7. The molecule has 0 aliphatic carbocycles. The van der Waals surface area contributed by atoms with Gasteiger partial charge in [-0.05, 0) is 38.9 Å². The minimum Gasteiger partial charge on any atom is -0.465 e. The van der Waals surface area contributed by atoms with Gasteiger partial charge in [0.1, 0.15) is 5.65 Å². The van der Waals surface area contributed by atoms with Crippen molar-refractivity contribution in [3.63, 3.8) is 0 Å². The maximum absolute atomic E-state index is 11.6. The number of likely N-dealkylation sites (tertiary alicyclic amines) is 1. The average molecular weight is 287 g/mol. The molecule has 1 unspecified atom stereocenters. The Labute approximate surface area is 124 Å².